The Balaban J connectivity index is 0.905. The molecule has 0 spiro atoms. The summed E-state index contributed by atoms with van der Waals surface area (Å²) in [6.07, 6.45) is 0. The molecule has 4 aromatic heterocycles. The molecule has 9 aromatic carbocycles. The topological polar surface area (TPSA) is 56.7 Å². The molecular formula is C57H34N4OS. The van der Waals surface area contributed by atoms with Gasteiger partial charge in [-0.15, -0.1) is 11.3 Å². The van der Waals surface area contributed by atoms with Crippen LogP contribution in [0, 0.1) is 0 Å². The Bertz CT molecular complexity index is 3900. The van der Waals surface area contributed by atoms with E-state index in [-0.39, 0.29) is 0 Å². The molecular weight excluding hydrogens is 789 g/mol. The Labute approximate surface area is 365 Å². The summed E-state index contributed by atoms with van der Waals surface area (Å²) in [7, 11) is 0. The third-order valence-electron chi connectivity index (χ3n) is 12.3. The molecule has 6 heteroatoms. The van der Waals surface area contributed by atoms with Crippen LogP contribution in [0.1, 0.15) is 0 Å². The fourth-order valence-corrected chi connectivity index (χ4v) is 10.4. The molecule has 0 radical (unpaired) electrons. The van der Waals surface area contributed by atoms with E-state index in [1.807, 2.05) is 47.7 Å². The number of rotatable bonds is 6. The molecule has 5 nitrogen and oxygen atoms in total. The van der Waals surface area contributed by atoms with Gasteiger partial charge in [0.05, 0.1) is 16.6 Å². The summed E-state index contributed by atoms with van der Waals surface area (Å²) in [5, 5.41) is 7.05. The Morgan fingerprint density at radius 2 is 0.921 bits per heavy atom. The maximum absolute atomic E-state index is 6.80. The average Bonchev–Trinajstić information content (AvgIpc) is 4.03. The lowest BCUT2D eigenvalue weighted by Gasteiger charge is -2.10. The van der Waals surface area contributed by atoms with Crippen LogP contribution < -0.4 is 0 Å². The Hall–Kier alpha value is -8.19. The Morgan fingerprint density at radius 3 is 1.73 bits per heavy atom. The molecule has 0 amide bonds. The number of hydrogen-bond donors (Lipinski definition) is 0. The summed E-state index contributed by atoms with van der Waals surface area (Å²) < 4.78 is 11.7. The van der Waals surface area contributed by atoms with E-state index in [0.29, 0.717) is 17.5 Å². The van der Waals surface area contributed by atoms with Crippen molar-refractivity contribution in [1.82, 2.24) is 19.5 Å². The van der Waals surface area contributed by atoms with E-state index in [1.54, 1.807) is 0 Å². The van der Waals surface area contributed by atoms with Gasteiger partial charge >= 0.3 is 0 Å². The van der Waals surface area contributed by atoms with Crippen LogP contribution in [0.2, 0.25) is 0 Å². The molecule has 294 valence electrons. The maximum atomic E-state index is 6.80. The minimum absolute atomic E-state index is 0.553. The minimum Gasteiger partial charge on any atom is -0.455 e. The van der Waals surface area contributed by atoms with Crippen LogP contribution in [0.15, 0.2) is 211 Å². The van der Waals surface area contributed by atoms with Crippen molar-refractivity contribution in [3.8, 4) is 62.1 Å². The SMILES string of the molecule is c1ccc(-c2nc(-c3ccc4c5ccccc5n(-c5ccccc5)c4c3)nc(-c3cccc4c3oc3cc(-c5ccc(-c6ccc7c(c6)sc6ccccc67)cc5)ccc34)n2)cc1. The second kappa shape index (κ2) is 14.2. The van der Waals surface area contributed by atoms with Crippen LogP contribution >= 0.6 is 11.3 Å². The van der Waals surface area contributed by atoms with Crippen LogP contribution in [0.4, 0.5) is 0 Å². The number of aromatic nitrogens is 4. The van der Waals surface area contributed by atoms with E-state index in [2.05, 4.69) is 174 Å². The first kappa shape index (κ1) is 35.6. The Kier molecular flexibility index (Phi) is 8.01. The zero-order valence-corrected chi connectivity index (χ0v) is 34.6. The highest BCUT2D eigenvalue weighted by Crippen LogP contribution is 2.40. The molecule has 63 heavy (non-hydrogen) atoms. The predicted octanol–water partition coefficient (Wildman–Crippen LogP) is 15.6. The zero-order chi connectivity index (χ0) is 41.4. The van der Waals surface area contributed by atoms with Gasteiger partial charge in [0, 0.05) is 58.5 Å². The molecule has 0 saturated heterocycles. The van der Waals surface area contributed by atoms with E-state index in [4.69, 9.17) is 19.4 Å². The van der Waals surface area contributed by atoms with Gasteiger partial charge in [-0.05, 0) is 76.9 Å². The molecule has 0 aliphatic carbocycles. The highest BCUT2D eigenvalue weighted by atomic mass is 32.1. The van der Waals surface area contributed by atoms with Crippen molar-refractivity contribution in [3.05, 3.63) is 206 Å². The monoisotopic (exact) mass is 822 g/mol. The number of furan rings is 1. The van der Waals surface area contributed by atoms with Gasteiger partial charge in [0.2, 0.25) is 0 Å². The van der Waals surface area contributed by atoms with Gasteiger partial charge in [0.25, 0.3) is 0 Å². The van der Waals surface area contributed by atoms with Crippen molar-refractivity contribution in [2.75, 3.05) is 0 Å². The van der Waals surface area contributed by atoms with Gasteiger partial charge in [-0.1, -0.05) is 152 Å². The maximum Gasteiger partial charge on any atom is 0.167 e. The van der Waals surface area contributed by atoms with Crippen molar-refractivity contribution in [2.45, 2.75) is 0 Å². The van der Waals surface area contributed by atoms with Crippen molar-refractivity contribution in [2.24, 2.45) is 0 Å². The number of nitrogens with zero attached hydrogens (tertiary/aromatic N) is 4. The predicted molar refractivity (Wildman–Crippen MR) is 262 cm³/mol. The molecule has 0 aliphatic rings. The zero-order valence-electron chi connectivity index (χ0n) is 33.7. The van der Waals surface area contributed by atoms with Gasteiger partial charge in [0.1, 0.15) is 11.2 Å². The first-order valence-electron chi connectivity index (χ1n) is 21.1. The largest absolute Gasteiger partial charge is 0.455 e. The normalized spacial score (nSPS) is 11.8. The van der Waals surface area contributed by atoms with Gasteiger partial charge in [-0.3, -0.25) is 0 Å². The summed E-state index contributed by atoms with van der Waals surface area (Å²) in [6.45, 7) is 0. The lowest BCUT2D eigenvalue weighted by atomic mass is 9.99. The molecule has 4 heterocycles. The number of para-hydroxylation sites is 3. The summed E-state index contributed by atoms with van der Waals surface area (Å²) in [6, 6.07) is 72.7. The van der Waals surface area contributed by atoms with Gasteiger partial charge < -0.3 is 8.98 Å². The van der Waals surface area contributed by atoms with E-state index < -0.39 is 0 Å². The van der Waals surface area contributed by atoms with Crippen LogP contribution in [-0.2, 0) is 0 Å². The van der Waals surface area contributed by atoms with Crippen molar-refractivity contribution in [3.63, 3.8) is 0 Å². The molecule has 0 aliphatic heterocycles. The second-order valence-electron chi connectivity index (χ2n) is 16.0. The van der Waals surface area contributed by atoms with Gasteiger partial charge in [-0.2, -0.15) is 0 Å². The van der Waals surface area contributed by atoms with Crippen LogP contribution in [0.3, 0.4) is 0 Å². The molecule has 0 atom stereocenters. The summed E-state index contributed by atoms with van der Waals surface area (Å²) in [4.78, 5) is 15.5. The highest BCUT2D eigenvalue weighted by Gasteiger charge is 2.20. The molecule has 13 aromatic rings. The molecule has 0 unspecified atom stereocenters. The van der Waals surface area contributed by atoms with Crippen LogP contribution in [0.25, 0.3) is 126 Å². The first-order chi connectivity index (χ1) is 31.2. The van der Waals surface area contributed by atoms with E-state index in [9.17, 15) is 0 Å². The molecule has 13 rings (SSSR count). The summed E-state index contributed by atoms with van der Waals surface area (Å²) in [5.74, 6) is 1.74. The quantitative estimate of drug-likeness (QED) is 0.168. The number of benzene rings is 9. The first-order valence-corrected chi connectivity index (χ1v) is 21.9. The van der Waals surface area contributed by atoms with E-state index >= 15 is 0 Å². The smallest absolute Gasteiger partial charge is 0.167 e. The second-order valence-corrected chi connectivity index (χ2v) is 17.1. The highest BCUT2D eigenvalue weighted by molar-refractivity contribution is 7.25. The van der Waals surface area contributed by atoms with Crippen molar-refractivity contribution < 1.29 is 4.42 Å². The summed E-state index contributed by atoms with van der Waals surface area (Å²) in [5.41, 5.74) is 12.1. The van der Waals surface area contributed by atoms with Gasteiger partial charge in [-0.25, -0.2) is 15.0 Å². The van der Waals surface area contributed by atoms with Crippen molar-refractivity contribution in [1.29, 1.82) is 0 Å². The van der Waals surface area contributed by atoms with Crippen LogP contribution in [0.5, 0.6) is 0 Å². The molecule has 0 bridgehead atoms. The molecule has 0 saturated carbocycles. The molecule has 0 N–H and O–H groups in total. The number of thiophene rings is 1. The lowest BCUT2D eigenvalue weighted by molar-refractivity contribution is 0.669. The van der Waals surface area contributed by atoms with E-state index in [0.717, 1.165) is 66.5 Å². The third-order valence-corrected chi connectivity index (χ3v) is 13.4. The number of fused-ring (bicyclic) bond motifs is 9. The van der Waals surface area contributed by atoms with E-state index in [1.165, 1.54) is 42.1 Å². The number of hydrogen-bond acceptors (Lipinski definition) is 5. The lowest BCUT2D eigenvalue weighted by Crippen LogP contribution is -2.00. The van der Waals surface area contributed by atoms with Crippen molar-refractivity contribution >= 4 is 75.3 Å². The molecule has 0 fully saturated rings. The van der Waals surface area contributed by atoms with Crippen LogP contribution in [-0.4, -0.2) is 19.5 Å². The summed E-state index contributed by atoms with van der Waals surface area (Å²) >= 11 is 1.85. The third kappa shape index (κ3) is 5.87. The fraction of sp³-hybridized carbons (Fsp3) is 0. The fourth-order valence-electron chi connectivity index (χ4n) is 9.22. The minimum atomic E-state index is 0.553. The van der Waals surface area contributed by atoms with Gasteiger partial charge in [0.15, 0.2) is 17.5 Å². The average molecular weight is 823 g/mol. The Morgan fingerprint density at radius 1 is 0.349 bits per heavy atom. The standard InChI is InChI=1S/C57H34N4OS/c1-3-12-37(13-4-1)55-58-56(40-28-29-43-42-16-7-9-20-49(42)61(50(43)32-40)41-14-5-2-6-15-41)60-57(59-55)48-19-11-18-47-44-30-26-38(33-51(44)62-54(47)48)35-22-24-36(25-23-35)39-27-31-46-45-17-8-10-21-52(45)63-53(46)34-39/h1-34H.